The van der Waals surface area contributed by atoms with E-state index in [-0.39, 0.29) is 34.5 Å². The quantitative estimate of drug-likeness (QED) is 0.292. The number of benzene rings is 3. The third-order valence-electron chi connectivity index (χ3n) is 6.83. The lowest BCUT2D eigenvalue weighted by molar-refractivity contribution is -0.139. The molecule has 1 N–H and O–H groups in total. The van der Waals surface area contributed by atoms with Crippen LogP contribution in [0.2, 0.25) is 0 Å². The van der Waals surface area contributed by atoms with Crippen LogP contribution in [0.5, 0.6) is 23.0 Å². The van der Waals surface area contributed by atoms with Crippen LogP contribution in [0.25, 0.3) is 0 Å². The Labute approximate surface area is 253 Å². The molecule has 0 spiro atoms. The van der Waals surface area contributed by atoms with E-state index in [1.165, 1.54) is 57.6 Å². The summed E-state index contributed by atoms with van der Waals surface area (Å²) in [6.07, 6.45) is 0. The summed E-state index contributed by atoms with van der Waals surface area (Å²) < 4.78 is 51.1. The van der Waals surface area contributed by atoms with Crippen molar-refractivity contribution in [2.45, 2.75) is 38.3 Å². The first kappa shape index (κ1) is 33.1. The van der Waals surface area contributed by atoms with Crippen LogP contribution in [0.3, 0.4) is 0 Å². The SMILES string of the molecule is CCNC(=O)[C@@H](C)N(Cc1cccc(C)c1)C(=O)CN(c1cc(OC)ccc1OC)S(=O)(=O)c1ccc(OC)c(OC)c1. The molecule has 2 amide bonds. The Balaban J connectivity index is 2.17. The van der Waals surface area contributed by atoms with E-state index in [4.69, 9.17) is 18.9 Å². The molecule has 0 fully saturated rings. The fourth-order valence-electron chi connectivity index (χ4n) is 4.52. The second-order valence-electron chi connectivity index (χ2n) is 9.65. The Kier molecular flexibility index (Phi) is 11.2. The molecule has 3 aromatic rings. The summed E-state index contributed by atoms with van der Waals surface area (Å²) >= 11 is 0. The van der Waals surface area contributed by atoms with Gasteiger partial charge in [-0.1, -0.05) is 29.8 Å². The van der Waals surface area contributed by atoms with E-state index in [9.17, 15) is 18.0 Å². The van der Waals surface area contributed by atoms with E-state index in [1.54, 1.807) is 26.0 Å². The molecule has 0 aliphatic rings. The number of sulfonamides is 1. The Morgan fingerprint density at radius 3 is 2.14 bits per heavy atom. The summed E-state index contributed by atoms with van der Waals surface area (Å²) in [5, 5.41) is 2.75. The summed E-state index contributed by atoms with van der Waals surface area (Å²) in [6, 6.07) is 15.4. The van der Waals surface area contributed by atoms with Gasteiger partial charge in [-0.2, -0.15) is 0 Å². The average molecular weight is 614 g/mol. The summed E-state index contributed by atoms with van der Waals surface area (Å²) in [6.45, 7) is 5.13. The number of hydrogen-bond donors (Lipinski definition) is 1. The van der Waals surface area contributed by atoms with Gasteiger partial charge in [-0.05, 0) is 50.6 Å². The van der Waals surface area contributed by atoms with Crippen molar-refractivity contribution in [3.05, 3.63) is 71.8 Å². The summed E-state index contributed by atoms with van der Waals surface area (Å²) in [4.78, 5) is 28.3. The maximum absolute atomic E-state index is 14.3. The van der Waals surface area contributed by atoms with Crippen molar-refractivity contribution in [1.82, 2.24) is 10.2 Å². The summed E-state index contributed by atoms with van der Waals surface area (Å²) in [5.41, 5.74) is 1.85. The van der Waals surface area contributed by atoms with Gasteiger partial charge in [0.2, 0.25) is 11.8 Å². The van der Waals surface area contributed by atoms with Gasteiger partial charge in [-0.15, -0.1) is 0 Å². The van der Waals surface area contributed by atoms with Crippen molar-refractivity contribution in [2.75, 3.05) is 45.8 Å². The number of hydrogen-bond acceptors (Lipinski definition) is 8. The van der Waals surface area contributed by atoms with Gasteiger partial charge in [0.15, 0.2) is 11.5 Å². The van der Waals surface area contributed by atoms with E-state index in [1.807, 2.05) is 31.2 Å². The predicted molar refractivity (Wildman–Crippen MR) is 163 cm³/mol. The van der Waals surface area contributed by atoms with Crippen LogP contribution in [-0.4, -0.2) is 72.7 Å². The van der Waals surface area contributed by atoms with Gasteiger partial charge < -0.3 is 29.2 Å². The molecule has 12 heteroatoms. The van der Waals surface area contributed by atoms with E-state index >= 15 is 0 Å². The Morgan fingerprint density at radius 2 is 1.53 bits per heavy atom. The highest BCUT2D eigenvalue weighted by Crippen LogP contribution is 2.37. The Morgan fingerprint density at radius 1 is 0.860 bits per heavy atom. The zero-order valence-electron chi connectivity index (χ0n) is 25.5. The number of methoxy groups -OCH3 is 4. The number of amides is 2. The molecule has 0 unspecified atom stereocenters. The zero-order valence-corrected chi connectivity index (χ0v) is 26.4. The van der Waals surface area contributed by atoms with Crippen molar-refractivity contribution < 1.29 is 37.0 Å². The smallest absolute Gasteiger partial charge is 0.265 e. The highest BCUT2D eigenvalue weighted by molar-refractivity contribution is 7.92. The number of nitrogens with one attached hydrogen (secondary N) is 1. The molecular weight excluding hydrogens is 574 g/mol. The molecule has 0 heterocycles. The molecule has 232 valence electrons. The van der Waals surface area contributed by atoms with Crippen LogP contribution in [0.4, 0.5) is 5.69 Å². The molecule has 1 atom stereocenters. The van der Waals surface area contributed by atoms with E-state index in [0.717, 1.165) is 15.4 Å². The lowest BCUT2D eigenvalue weighted by Gasteiger charge is -2.32. The van der Waals surface area contributed by atoms with Crippen LogP contribution in [0.15, 0.2) is 65.6 Å². The third-order valence-corrected chi connectivity index (χ3v) is 8.59. The summed E-state index contributed by atoms with van der Waals surface area (Å²) in [5.74, 6) is 0.107. The predicted octanol–water partition coefficient (Wildman–Crippen LogP) is 3.78. The largest absolute Gasteiger partial charge is 0.497 e. The molecule has 0 aromatic heterocycles. The highest BCUT2D eigenvalue weighted by atomic mass is 32.2. The van der Waals surface area contributed by atoms with Gasteiger partial charge in [0.25, 0.3) is 10.0 Å². The van der Waals surface area contributed by atoms with Crippen LogP contribution < -0.4 is 28.6 Å². The van der Waals surface area contributed by atoms with Gasteiger partial charge in [0.05, 0.1) is 39.0 Å². The first-order valence-electron chi connectivity index (χ1n) is 13.6. The minimum Gasteiger partial charge on any atom is -0.497 e. The number of nitrogens with zero attached hydrogens (tertiary/aromatic N) is 2. The zero-order chi connectivity index (χ0) is 31.7. The minimum absolute atomic E-state index is 0.0751. The first-order chi connectivity index (χ1) is 20.5. The molecule has 0 radical (unpaired) electrons. The first-order valence-corrected chi connectivity index (χ1v) is 15.0. The maximum Gasteiger partial charge on any atom is 0.265 e. The van der Waals surface area contributed by atoms with Gasteiger partial charge in [0.1, 0.15) is 24.1 Å². The molecule has 0 saturated heterocycles. The number of carbonyl (C=O) groups excluding carboxylic acids is 2. The topological polar surface area (TPSA) is 124 Å². The number of carbonyl (C=O) groups is 2. The van der Waals surface area contributed by atoms with Gasteiger partial charge in [-0.3, -0.25) is 13.9 Å². The molecule has 3 aromatic carbocycles. The lowest BCUT2D eigenvalue weighted by atomic mass is 10.1. The molecule has 0 saturated carbocycles. The normalized spacial score (nSPS) is 11.7. The fourth-order valence-corrected chi connectivity index (χ4v) is 5.95. The molecule has 43 heavy (non-hydrogen) atoms. The molecule has 3 rings (SSSR count). The molecule has 11 nitrogen and oxygen atoms in total. The van der Waals surface area contributed by atoms with E-state index in [0.29, 0.717) is 18.0 Å². The fraction of sp³-hybridized carbons (Fsp3) is 0.355. The van der Waals surface area contributed by atoms with Crippen LogP contribution >= 0.6 is 0 Å². The molecule has 0 aliphatic heterocycles. The number of rotatable bonds is 14. The second kappa shape index (κ2) is 14.6. The third kappa shape index (κ3) is 7.69. The van der Waals surface area contributed by atoms with Crippen molar-refractivity contribution in [3.63, 3.8) is 0 Å². The Bertz CT molecular complexity index is 1540. The van der Waals surface area contributed by atoms with Crippen LogP contribution in [0.1, 0.15) is 25.0 Å². The van der Waals surface area contributed by atoms with Crippen molar-refractivity contribution in [1.29, 1.82) is 0 Å². The van der Waals surface area contributed by atoms with Crippen molar-refractivity contribution >= 4 is 27.5 Å². The average Bonchev–Trinajstić information content (AvgIpc) is 3.01. The van der Waals surface area contributed by atoms with E-state index < -0.39 is 28.5 Å². The number of aryl methyl sites for hydroxylation is 1. The maximum atomic E-state index is 14.3. The number of anilines is 1. The molecule has 0 bridgehead atoms. The summed E-state index contributed by atoms with van der Waals surface area (Å²) in [7, 11) is 1.26. The molecule has 0 aliphatic carbocycles. The van der Waals surface area contributed by atoms with Crippen molar-refractivity contribution in [3.8, 4) is 23.0 Å². The van der Waals surface area contributed by atoms with Crippen LogP contribution in [-0.2, 0) is 26.2 Å². The second-order valence-corrected chi connectivity index (χ2v) is 11.5. The monoisotopic (exact) mass is 613 g/mol. The molecular formula is C31H39N3O8S. The Hall–Kier alpha value is -4.45. The van der Waals surface area contributed by atoms with Gasteiger partial charge in [0, 0.05) is 25.2 Å². The standard InChI is InChI=1S/C31H39N3O8S/c1-8-32-31(36)22(3)33(19-23-11-9-10-21(2)16-23)30(35)20-34(26-17-24(39-4)12-14-27(26)40-5)43(37,38)25-13-15-28(41-6)29(18-25)42-7/h9-18,22H,8,19-20H2,1-7H3,(H,32,36)/t22-/m1/s1. The van der Waals surface area contributed by atoms with Gasteiger partial charge >= 0.3 is 0 Å². The lowest BCUT2D eigenvalue weighted by Crippen LogP contribution is -2.51. The van der Waals surface area contributed by atoms with E-state index in [2.05, 4.69) is 5.32 Å². The number of likely N-dealkylation sites (N-methyl/N-ethyl adjacent to an activating group) is 1. The minimum atomic E-state index is -4.42. The van der Waals surface area contributed by atoms with Crippen molar-refractivity contribution in [2.24, 2.45) is 0 Å². The number of ether oxygens (including phenoxy) is 4. The van der Waals surface area contributed by atoms with Crippen LogP contribution in [0, 0.1) is 6.92 Å². The highest BCUT2D eigenvalue weighted by Gasteiger charge is 2.34. The van der Waals surface area contributed by atoms with Gasteiger partial charge in [-0.25, -0.2) is 8.42 Å².